The zero-order valence-corrected chi connectivity index (χ0v) is 12.3. The van der Waals surface area contributed by atoms with Gasteiger partial charge in [-0.05, 0) is 26.0 Å². The van der Waals surface area contributed by atoms with Crippen molar-refractivity contribution in [3.8, 4) is 11.8 Å². The molecule has 0 saturated carbocycles. The fraction of sp³-hybridized carbons (Fsp3) is 0.500. The third-order valence-corrected chi connectivity index (χ3v) is 3.85. The molecule has 0 saturated heterocycles. The molecule has 0 atom stereocenters. The van der Waals surface area contributed by atoms with Crippen molar-refractivity contribution in [3.05, 3.63) is 21.9 Å². The predicted molar refractivity (Wildman–Crippen MR) is 76.2 cm³/mol. The molecule has 0 spiro atoms. The molecule has 0 aliphatic rings. The molecule has 1 rings (SSSR count). The zero-order valence-electron chi connectivity index (χ0n) is 11.4. The molecule has 1 amide bonds. The molecule has 19 heavy (non-hydrogen) atoms. The molecule has 0 aliphatic carbocycles. The average molecular weight is 281 g/mol. The van der Waals surface area contributed by atoms with E-state index in [0.29, 0.717) is 11.3 Å². The van der Waals surface area contributed by atoms with Crippen molar-refractivity contribution in [1.82, 2.24) is 4.90 Å². The van der Waals surface area contributed by atoms with E-state index in [1.807, 2.05) is 0 Å². The smallest absolute Gasteiger partial charge is 0.264 e. The van der Waals surface area contributed by atoms with E-state index in [1.165, 1.54) is 16.2 Å². The van der Waals surface area contributed by atoms with Crippen molar-refractivity contribution in [2.24, 2.45) is 0 Å². The lowest BCUT2D eigenvalue weighted by Gasteiger charge is -2.33. The van der Waals surface area contributed by atoms with Crippen LogP contribution in [0.3, 0.4) is 0 Å². The Morgan fingerprint density at radius 2 is 2.11 bits per heavy atom. The lowest BCUT2D eigenvalue weighted by atomic mass is 10.1. The maximum Gasteiger partial charge on any atom is 0.264 e. The van der Waals surface area contributed by atoms with Gasteiger partial charge in [0.05, 0.1) is 28.5 Å². The summed E-state index contributed by atoms with van der Waals surface area (Å²) in [4.78, 5) is 15.2. The van der Waals surface area contributed by atoms with E-state index in [1.54, 1.807) is 33.0 Å². The van der Waals surface area contributed by atoms with Gasteiger partial charge in [-0.3, -0.25) is 4.79 Å². The second-order valence-electron chi connectivity index (χ2n) is 4.77. The third kappa shape index (κ3) is 4.06. The Bertz CT molecular complexity index is 496. The molecule has 2 N–H and O–H groups in total. The first-order valence-corrected chi connectivity index (χ1v) is 6.82. The second kappa shape index (κ2) is 6.71. The SMILES string of the molecule is CN(C(=O)c1ccc(C#CCCO)s1)C(C)(C)CO. The van der Waals surface area contributed by atoms with Crippen LogP contribution in [0.1, 0.15) is 34.8 Å². The summed E-state index contributed by atoms with van der Waals surface area (Å²) in [6, 6.07) is 3.53. The van der Waals surface area contributed by atoms with Gasteiger partial charge < -0.3 is 15.1 Å². The maximum atomic E-state index is 12.2. The van der Waals surface area contributed by atoms with Gasteiger partial charge in [0, 0.05) is 13.5 Å². The second-order valence-corrected chi connectivity index (χ2v) is 5.86. The summed E-state index contributed by atoms with van der Waals surface area (Å²) >= 11 is 1.32. The Morgan fingerprint density at radius 3 is 2.68 bits per heavy atom. The Kier molecular flexibility index (Phi) is 5.55. The van der Waals surface area contributed by atoms with Crippen molar-refractivity contribution in [3.63, 3.8) is 0 Å². The normalized spacial score (nSPS) is 10.8. The average Bonchev–Trinajstić information content (AvgIpc) is 2.86. The van der Waals surface area contributed by atoms with E-state index in [9.17, 15) is 9.90 Å². The summed E-state index contributed by atoms with van der Waals surface area (Å²) < 4.78 is 0. The predicted octanol–water partition coefficient (Wildman–Crippen LogP) is 1.32. The topological polar surface area (TPSA) is 60.8 Å². The molecule has 104 valence electrons. The highest BCUT2D eigenvalue weighted by Gasteiger charge is 2.28. The van der Waals surface area contributed by atoms with E-state index >= 15 is 0 Å². The lowest BCUT2D eigenvalue weighted by Crippen LogP contribution is -2.47. The number of aliphatic hydroxyl groups excluding tert-OH is 2. The summed E-state index contributed by atoms with van der Waals surface area (Å²) in [5.41, 5.74) is -0.593. The highest BCUT2D eigenvalue weighted by atomic mass is 32.1. The van der Waals surface area contributed by atoms with Crippen LogP contribution in [-0.2, 0) is 0 Å². The summed E-state index contributed by atoms with van der Waals surface area (Å²) in [5.74, 6) is 5.59. The van der Waals surface area contributed by atoms with E-state index < -0.39 is 5.54 Å². The molecule has 0 aliphatic heterocycles. The van der Waals surface area contributed by atoms with Gasteiger partial charge in [0.1, 0.15) is 0 Å². The van der Waals surface area contributed by atoms with Crippen LogP contribution < -0.4 is 0 Å². The molecule has 0 unspecified atom stereocenters. The van der Waals surface area contributed by atoms with Crippen LogP contribution in [0.25, 0.3) is 0 Å². The number of rotatable bonds is 4. The number of amides is 1. The fourth-order valence-corrected chi connectivity index (χ4v) is 2.13. The van der Waals surface area contributed by atoms with Crippen LogP contribution in [-0.4, -0.2) is 46.8 Å². The fourth-order valence-electron chi connectivity index (χ4n) is 1.27. The molecule has 4 nitrogen and oxygen atoms in total. The highest BCUT2D eigenvalue weighted by molar-refractivity contribution is 7.14. The minimum Gasteiger partial charge on any atom is -0.395 e. The number of aliphatic hydroxyl groups is 2. The molecule has 0 radical (unpaired) electrons. The summed E-state index contributed by atoms with van der Waals surface area (Å²) in [5, 5.41) is 17.9. The Balaban J connectivity index is 2.82. The Morgan fingerprint density at radius 1 is 1.42 bits per heavy atom. The summed E-state index contributed by atoms with van der Waals surface area (Å²) in [6.45, 7) is 3.56. The minimum absolute atomic E-state index is 0.0393. The monoisotopic (exact) mass is 281 g/mol. The molecular formula is C14H19NO3S. The van der Waals surface area contributed by atoms with Crippen molar-refractivity contribution in [1.29, 1.82) is 0 Å². The van der Waals surface area contributed by atoms with Crippen LogP contribution in [0.4, 0.5) is 0 Å². The Labute approximate surface area is 117 Å². The van der Waals surface area contributed by atoms with Crippen LogP contribution in [0.2, 0.25) is 0 Å². The van der Waals surface area contributed by atoms with Crippen molar-refractivity contribution in [2.75, 3.05) is 20.3 Å². The van der Waals surface area contributed by atoms with Gasteiger partial charge in [0.25, 0.3) is 5.91 Å². The maximum absolute atomic E-state index is 12.2. The van der Waals surface area contributed by atoms with Gasteiger partial charge in [-0.25, -0.2) is 0 Å². The molecule has 1 aromatic rings. The number of hydrogen-bond donors (Lipinski definition) is 2. The number of carbonyl (C=O) groups is 1. The van der Waals surface area contributed by atoms with Crippen molar-refractivity contribution < 1.29 is 15.0 Å². The highest BCUT2D eigenvalue weighted by Crippen LogP contribution is 2.21. The largest absolute Gasteiger partial charge is 0.395 e. The molecule has 5 heteroatoms. The number of hydrogen-bond acceptors (Lipinski definition) is 4. The van der Waals surface area contributed by atoms with Crippen LogP contribution >= 0.6 is 11.3 Å². The number of carbonyl (C=O) groups excluding carboxylic acids is 1. The number of nitrogens with zero attached hydrogens (tertiary/aromatic N) is 1. The summed E-state index contributed by atoms with van der Waals surface area (Å²) in [6.07, 6.45) is 0.429. The van der Waals surface area contributed by atoms with Gasteiger partial charge >= 0.3 is 0 Å². The first kappa shape index (κ1) is 15.7. The van der Waals surface area contributed by atoms with Crippen LogP contribution in [0.5, 0.6) is 0 Å². The van der Waals surface area contributed by atoms with Crippen LogP contribution in [0.15, 0.2) is 12.1 Å². The van der Waals surface area contributed by atoms with Crippen LogP contribution in [0, 0.1) is 11.8 Å². The number of thiophene rings is 1. The summed E-state index contributed by atoms with van der Waals surface area (Å²) in [7, 11) is 1.68. The van der Waals surface area contributed by atoms with E-state index in [4.69, 9.17) is 5.11 Å². The zero-order chi connectivity index (χ0) is 14.5. The third-order valence-electron chi connectivity index (χ3n) is 2.86. The molecule has 1 heterocycles. The molecule has 0 aromatic carbocycles. The Hall–Kier alpha value is -1.35. The van der Waals surface area contributed by atoms with E-state index in [0.717, 1.165) is 4.88 Å². The molecule has 1 aromatic heterocycles. The standard InChI is InChI=1S/C14H19NO3S/c1-14(2,10-17)15(3)13(18)12-8-7-11(19-12)6-4-5-9-16/h7-8,16-17H,5,9-10H2,1-3H3. The van der Waals surface area contributed by atoms with E-state index in [-0.39, 0.29) is 19.1 Å². The van der Waals surface area contributed by atoms with Gasteiger partial charge in [-0.1, -0.05) is 11.8 Å². The minimum atomic E-state index is -0.593. The number of likely N-dealkylation sites (N-methyl/N-ethyl adjacent to an activating group) is 1. The lowest BCUT2D eigenvalue weighted by molar-refractivity contribution is 0.0478. The quantitative estimate of drug-likeness (QED) is 0.818. The molecule has 0 fully saturated rings. The first-order chi connectivity index (χ1) is 8.92. The molecule has 0 bridgehead atoms. The van der Waals surface area contributed by atoms with Gasteiger partial charge in [0.2, 0.25) is 0 Å². The first-order valence-electron chi connectivity index (χ1n) is 6.01. The van der Waals surface area contributed by atoms with Gasteiger partial charge in [-0.15, -0.1) is 11.3 Å². The van der Waals surface area contributed by atoms with Crippen molar-refractivity contribution in [2.45, 2.75) is 25.8 Å². The molecular weight excluding hydrogens is 262 g/mol. The van der Waals surface area contributed by atoms with E-state index in [2.05, 4.69) is 11.8 Å². The van der Waals surface area contributed by atoms with Crippen molar-refractivity contribution >= 4 is 17.2 Å². The van der Waals surface area contributed by atoms with Gasteiger partial charge in [-0.2, -0.15) is 0 Å². The van der Waals surface area contributed by atoms with Gasteiger partial charge in [0.15, 0.2) is 0 Å².